The van der Waals surface area contributed by atoms with Gasteiger partial charge in [-0.2, -0.15) is 0 Å². The molecular formula is C25H30N2O5S. The average molecular weight is 471 g/mol. The second kappa shape index (κ2) is 11.0. The molecule has 0 amide bonds. The lowest BCUT2D eigenvalue weighted by atomic mass is 9.81. The van der Waals surface area contributed by atoms with Crippen LogP contribution in [0.5, 0.6) is 5.75 Å². The summed E-state index contributed by atoms with van der Waals surface area (Å²) in [6.07, 6.45) is 6.42. The van der Waals surface area contributed by atoms with E-state index in [4.69, 9.17) is 9.15 Å². The van der Waals surface area contributed by atoms with Gasteiger partial charge in [-0.25, -0.2) is 0 Å². The zero-order chi connectivity index (χ0) is 23.2. The van der Waals surface area contributed by atoms with E-state index < -0.39 is 18.0 Å². The van der Waals surface area contributed by atoms with Crippen molar-refractivity contribution in [2.45, 2.75) is 30.3 Å². The minimum Gasteiger partial charge on any atom is -0.497 e. The molecule has 7 nitrogen and oxygen atoms in total. The minimum absolute atomic E-state index is 0.0533. The minimum atomic E-state index is -0.749. The standard InChI is InChI=1S/C25H30N2O5S/c1-31-18-3-4-23-21(14-18)20(6-9-26-23)24(28)5-2-17-7-10-27(15-22(17)25(29)30)11-13-33-19-8-12-32-16-19/h3-4,6,8-9,12,14,16-17,22,24,28H,2,5,7,10-11,13,15H2,1H3,(H,29,30)/t17-,22+,24-/m1/s1. The molecule has 2 aromatic heterocycles. The first-order valence-electron chi connectivity index (χ1n) is 11.3. The molecule has 0 bridgehead atoms. The monoisotopic (exact) mass is 470 g/mol. The van der Waals surface area contributed by atoms with Crippen LogP contribution in [0.1, 0.15) is 30.9 Å². The van der Waals surface area contributed by atoms with Gasteiger partial charge in [0.1, 0.15) is 12.0 Å². The number of fused-ring (bicyclic) bond motifs is 1. The number of carboxylic acids is 1. The van der Waals surface area contributed by atoms with Crippen molar-refractivity contribution >= 4 is 28.6 Å². The third-order valence-electron chi connectivity index (χ3n) is 6.48. The fourth-order valence-electron chi connectivity index (χ4n) is 4.61. The Labute approximate surface area is 197 Å². The number of thioether (sulfide) groups is 1. The molecular weight excluding hydrogens is 440 g/mol. The number of hydrogen-bond acceptors (Lipinski definition) is 7. The van der Waals surface area contributed by atoms with Gasteiger partial charge in [-0.05, 0) is 67.6 Å². The summed E-state index contributed by atoms with van der Waals surface area (Å²) >= 11 is 1.72. The summed E-state index contributed by atoms with van der Waals surface area (Å²) in [5, 5.41) is 21.7. The number of carboxylic acid groups (broad SMARTS) is 1. The summed E-state index contributed by atoms with van der Waals surface area (Å²) < 4.78 is 10.4. The number of pyridine rings is 1. The van der Waals surface area contributed by atoms with Crippen LogP contribution < -0.4 is 4.74 Å². The highest BCUT2D eigenvalue weighted by Crippen LogP contribution is 2.34. The molecule has 1 saturated heterocycles. The molecule has 1 fully saturated rings. The maximum absolute atomic E-state index is 12.0. The van der Waals surface area contributed by atoms with Crippen molar-refractivity contribution in [1.29, 1.82) is 0 Å². The van der Waals surface area contributed by atoms with Gasteiger partial charge in [-0.3, -0.25) is 9.78 Å². The Morgan fingerprint density at radius 2 is 2.24 bits per heavy atom. The van der Waals surface area contributed by atoms with Crippen LogP contribution >= 0.6 is 11.8 Å². The molecule has 1 aromatic carbocycles. The van der Waals surface area contributed by atoms with Crippen LogP contribution in [0.3, 0.4) is 0 Å². The van der Waals surface area contributed by atoms with E-state index in [0.29, 0.717) is 25.1 Å². The lowest BCUT2D eigenvalue weighted by Crippen LogP contribution is -2.44. The zero-order valence-corrected chi connectivity index (χ0v) is 19.5. The first kappa shape index (κ1) is 23.6. The van der Waals surface area contributed by atoms with Crippen molar-refractivity contribution in [3.63, 3.8) is 0 Å². The topological polar surface area (TPSA) is 96.0 Å². The smallest absolute Gasteiger partial charge is 0.308 e. The molecule has 1 aliphatic rings. The first-order chi connectivity index (χ1) is 16.0. The van der Waals surface area contributed by atoms with Crippen LogP contribution in [0, 0.1) is 11.8 Å². The Bertz CT molecular complexity index is 1060. The number of aromatic nitrogens is 1. The Morgan fingerprint density at radius 1 is 1.36 bits per heavy atom. The average Bonchev–Trinajstić information content (AvgIpc) is 3.35. The Balaban J connectivity index is 1.34. The second-order valence-corrected chi connectivity index (χ2v) is 9.65. The van der Waals surface area contributed by atoms with Gasteiger partial charge in [0.25, 0.3) is 0 Å². The lowest BCUT2D eigenvalue weighted by Gasteiger charge is -2.36. The molecule has 0 spiro atoms. The molecule has 33 heavy (non-hydrogen) atoms. The summed E-state index contributed by atoms with van der Waals surface area (Å²) in [7, 11) is 1.61. The molecule has 3 atom stereocenters. The fraction of sp³-hybridized carbons (Fsp3) is 0.440. The zero-order valence-electron chi connectivity index (χ0n) is 18.7. The van der Waals surface area contributed by atoms with Gasteiger partial charge in [0.05, 0.1) is 30.9 Å². The van der Waals surface area contributed by atoms with Crippen molar-refractivity contribution in [2.75, 3.05) is 32.5 Å². The third-order valence-corrected chi connectivity index (χ3v) is 7.43. The van der Waals surface area contributed by atoms with E-state index in [9.17, 15) is 15.0 Å². The molecule has 1 aliphatic heterocycles. The number of carbonyl (C=O) groups is 1. The van der Waals surface area contributed by atoms with E-state index in [1.54, 1.807) is 37.6 Å². The molecule has 176 valence electrons. The Kier molecular flexibility index (Phi) is 7.90. The van der Waals surface area contributed by atoms with Crippen molar-refractivity contribution in [1.82, 2.24) is 9.88 Å². The van der Waals surface area contributed by atoms with E-state index in [-0.39, 0.29) is 5.92 Å². The predicted octanol–water partition coefficient (Wildman–Crippen LogP) is 4.47. The molecule has 3 aromatic rings. The van der Waals surface area contributed by atoms with Crippen LogP contribution in [0.25, 0.3) is 10.9 Å². The third kappa shape index (κ3) is 5.88. The van der Waals surface area contributed by atoms with Crippen molar-refractivity contribution in [3.05, 3.63) is 54.6 Å². The number of piperidine rings is 1. The molecule has 8 heteroatoms. The van der Waals surface area contributed by atoms with Crippen LogP contribution in [0.4, 0.5) is 0 Å². The highest BCUT2D eigenvalue weighted by Gasteiger charge is 2.34. The molecule has 0 unspecified atom stereocenters. The number of methoxy groups -OCH3 is 1. The number of aliphatic hydroxyl groups is 1. The van der Waals surface area contributed by atoms with Crippen molar-refractivity contribution < 1.29 is 24.2 Å². The molecule has 4 rings (SSSR count). The fourth-order valence-corrected chi connectivity index (χ4v) is 5.48. The van der Waals surface area contributed by atoms with E-state index in [0.717, 1.165) is 46.6 Å². The van der Waals surface area contributed by atoms with Gasteiger partial charge < -0.3 is 24.3 Å². The predicted molar refractivity (Wildman–Crippen MR) is 128 cm³/mol. The molecule has 3 heterocycles. The summed E-state index contributed by atoms with van der Waals surface area (Å²) in [5.74, 6) is 0.499. The number of likely N-dealkylation sites (tertiary alicyclic amines) is 1. The number of ether oxygens (including phenoxy) is 1. The van der Waals surface area contributed by atoms with E-state index in [1.807, 2.05) is 30.3 Å². The van der Waals surface area contributed by atoms with Crippen molar-refractivity contribution in [3.8, 4) is 5.75 Å². The number of furan rings is 1. The Morgan fingerprint density at radius 3 is 3.00 bits per heavy atom. The summed E-state index contributed by atoms with van der Waals surface area (Å²) in [6.45, 7) is 2.28. The highest BCUT2D eigenvalue weighted by atomic mass is 32.2. The van der Waals surface area contributed by atoms with Gasteiger partial charge in [0, 0.05) is 35.3 Å². The molecule has 0 saturated carbocycles. The quantitative estimate of drug-likeness (QED) is 0.419. The van der Waals surface area contributed by atoms with Gasteiger partial charge in [-0.15, -0.1) is 11.8 Å². The summed E-state index contributed by atoms with van der Waals surface area (Å²) in [4.78, 5) is 19.7. The molecule has 2 N–H and O–H groups in total. The number of benzene rings is 1. The number of nitrogens with zero attached hydrogens (tertiary/aromatic N) is 2. The number of aliphatic hydroxyl groups excluding tert-OH is 1. The van der Waals surface area contributed by atoms with Gasteiger partial charge in [0.2, 0.25) is 0 Å². The molecule has 0 aliphatic carbocycles. The van der Waals surface area contributed by atoms with Crippen LogP contribution in [-0.4, -0.2) is 58.6 Å². The second-order valence-electron chi connectivity index (χ2n) is 8.48. The van der Waals surface area contributed by atoms with Gasteiger partial charge in [-0.1, -0.05) is 0 Å². The highest BCUT2D eigenvalue weighted by molar-refractivity contribution is 7.99. The van der Waals surface area contributed by atoms with E-state index in [2.05, 4.69) is 9.88 Å². The van der Waals surface area contributed by atoms with Crippen LogP contribution in [-0.2, 0) is 4.79 Å². The van der Waals surface area contributed by atoms with Crippen LogP contribution in [0.2, 0.25) is 0 Å². The number of rotatable bonds is 10. The largest absolute Gasteiger partial charge is 0.497 e. The van der Waals surface area contributed by atoms with Gasteiger partial charge >= 0.3 is 5.97 Å². The van der Waals surface area contributed by atoms with Gasteiger partial charge in [0.15, 0.2) is 0 Å². The lowest BCUT2D eigenvalue weighted by molar-refractivity contribution is -0.146. The summed E-state index contributed by atoms with van der Waals surface area (Å²) in [5.41, 5.74) is 1.61. The first-order valence-corrected chi connectivity index (χ1v) is 12.2. The molecule has 0 radical (unpaired) electrons. The number of aliphatic carboxylic acids is 1. The van der Waals surface area contributed by atoms with Crippen molar-refractivity contribution in [2.24, 2.45) is 11.8 Å². The SMILES string of the molecule is COc1ccc2nccc([C@H](O)CC[C@@H]3CCN(CCSc4ccoc4)C[C@@H]3C(=O)O)c2c1. The normalized spacial score (nSPS) is 20.1. The summed E-state index contributed by atoms with van der Waals surface area (Å²) in [6, 6.07) is 9.39. The van der Waals surface area contributed by atoms with E-state index in [1.165, 1.54) is 0 Å². The maximum atomic E-state index is 12.0. The Hall–Kier alpha value is -2.55. The number of hydrogen-bond donors (Lipinski definition) is 2. The van der Waals surface area contributed by atoms with E-state index >= 15 is 0 Å². The maximum Gasteiger partial charge on any atom is 0.308 e. The van der Waals surface area contributed by atoms with Crippen LogP contribution in [0.15, 0.2) is 58.4 Å².